The van der Waals surface area contributed by atoms with Crippen molar-refractivity contribution in [2.24, 2.45) is 0 Å². The van der Waals surface area contributed by atoms with Crippen LogP contribution in [0.25, 0.3) is 0 Å². The molecule has 24 heavy (non-hydrogen) atoms. The second kappa shape index (κ2) is 8.73. The van der Waals surface area contributed by atoms with E-state index in [0.717, 1.165) is 4.90 Å². The van der Waals surface area contributed by atoms with Crippen LogP contribution in [0.5, 0.6) is 0 Å². The van der Waals surface area contributed by atoms with E-state index in [1.165, 1.54) is 11.8 Å². The summed E-state index contributed by atoms with van der Waals surface area (Å²) in [5.41, 5.74) is 0. The molecule has 9 heteroatoms. The van der Waals surface area contributed by atoms with Gasteiger partial charge in [-0.3, -0.25) is 9.59 Å². The highest BCUT2D eigenvalue weighted by atomic mass is 35.5. The molecule has 1 fully saturated rings. The number of amides is 1. The van der Waals surface area contributed by atoms with E-state index in [-0.39, 0.29) is 30.6 Å². The van der Waals surface area contributed by atoms with E-state index >= 15 is 0 Å². The van der Waals surface area contributed by atoms with Gasteiger partial charge in [-0.2, -0.15) is 0 Å². The number of carbonyl (C=O) groups is 2. The van der Waals surface area contributed by atoms with E-state index in [0.29, 0.717) is 17.2 Å². The lowest BCUT2D eigenvalue weighted by atomic mass is 10.2. The third kappa shape index (κ3) is 6.70. The normalized spacial score (nSPS) is 19.0. The van der Waals surface area contributed by atoms with Crippen molar-refractivity contribution in [3.05, 3.63) is 29.3 Å². The van der Waals surface area contributed by atoms with E-state index in [9.17, 15) is 18.0 Å². The fourth-order valence-electron chi connectivity index (χ4n) is 2.18. The van der Waals surface area contributed by atoms with Crippen LogP contribution in [0.3, 0.4) is 0 Å². The van der Waals surface area contributed by atoms with Crippen LogP contribution in [0.2, 0.25) is 5.02 Å². The minimum atomic E-state index is -3.05. The second-order valence-electron chi connectivity index (χ2n) is 5.38. The molecule has 6 nitrogen and oxygen atoms in total. The summed E-state index contributed by atoms with van der Waals surface area (Å²) in [6.07, 6.45) is 0.581. The van der Waals surface area contributed by atoms with Crippen LogP contribution in [-0.4, -0.2) is 50.2 Å². The lowest BCUT2D eigenvalue weighted by molar-refractivity contribution is -0.148. The Kier molecular flexibility index (Phi) is 6.94. The van der Waals surface area contributed by atoms with E-state index in [1.807, 2.05) is 12.1 Å². The molecule has 132 valence electrons. The first-order chi connectivity index (χ1) is 11.3. The topological polar surface area (TPSA) is 89.5 Å². The number of esters is 1. The zero-order chi connectivity index (χ0) is 17.6. The highest BCUT2D eigenvalue weighted by Crippen LogP contribution is 2.21. The maximum atomic E-state index is 11.6. The molecule has 1 atom stereocenters. The number of hydrogen-bond acceptors (Lipinski definition) is 6. The van der Waals surface area contributed by atoms with Gasteiger partial charge in [-0.1, -0.05) is 11.6 Å². The van der Waals surface area contributed by atoms with Crippen LogP contribution in [0.4, 0.5) is 0 Å². The molecule has 0 unspecified atom stereocenters. The highest BCUT2D eigenvalue weighted by Gasteiger charge is 2.28. The van der Waals surface area contributed by atoms with Gasteiger partial charge in [0.15, 0.2) is 16.4 Å². The summed E-state index contributed by atoms with van der Waals surface area (Å²) in [4.78, 5) is 24.2. The molecule has 0 saturated carbocycles. The largest absolute Gasteiger partial charge is 0.456 e. The minimum Gasteiger partial charge on any atom is -0.456 e. The Hall–Kier alpha value is -1.25. The maximum Gasteiger partial charge on any atom is 0.307 e. The van der Waals surface area contributed by atoms with Gasteiger partial charge in [0.25, 0.3) is 5.91 Å². The monoisotopic (exact) mass is 391 g/mol. The molecule has 0 aromatic heterocycles. The molecule has 0 bridgehead atoms. The molecule has 0 radical (unpaired) electrons. The molecule has 1 amide bonds. The predicted molar refractivity (Wildman–Crippen MR) is 93.0 cm³/mol. The first-order valence-electron chi connectivity index (χ1n) is 7.38. The first-order valence-corrected chi connectivity index (χ1v) is 10.6. The molecule has 1 aliphatic rings. The number of rotatable bonds is 7. The Morgan fingerprint density at radius 3 is 2.62 bits per heavy atom. The molecule has 1 aromatic carbocycles. The minimum absolute atomic E-state index is 0.0512. The van der Waals surface area contributed by atoms with Crippen LogP contribution < -0.4 is 5.32 Å². The van der Waals surface area contributed by atoms with E-state index in [2.05, 4.69) is 5.32 Å². The van der Waals surface area contributed by atoms with E-state index < -0.39 is 21.7 Å². The van der Waals surface area contributed by atoms with Crippen molar-refractivity contribution in [3.8, 4) is 0 Å². The van der Waals surface area contributed by atoms with Crippen LogP contribution in [0.15, 0.2) is 29.2 Å². The standard InChI is InChI=1S/C15H18ClNO5S2/c16-11-1-3-13(4-2-11)23-7-5-15(19)22-9-14(18)17-12-6-8-24(20,21)10-12/h1-4,12H,5-10H2,(H,17,18)/t12-/m1/s1. The van der Waals surface area contributed by atoms with Crippen molar-refractivity contribution in [1.29, 1.82) is 0 Å². The van der Waals surface area contributed by atoms with Crippen molar-refractivity contribution in [3.63, 3.8) is 0 Å². The summed E-state index contributed by atoms with van der Waals surface area (Å²) in [6, 6.07) is 6.88. The number of sulfone groups is 1. The van der Waals surface area contributed by atoms with Gasteiger partial charge >= 0.3 is 5.97 Å². The van der Waals surface area contributed by atoms with Crippen LogP contribution in [-0.2, 0) is 24.2 Å². The SMILES string of the molecule is O=C(COC(=O)CCSc1ccc(Cl)cc1)N[C@@H]1CCS(=O)(=O)C1. The van der Waals surface area contributed by atoms with Gasteiger partial charge in [0.05, 0.1) is 17.9 Å². The maximum absolute atomic E-state index is 11.6. The van der Waals surface area contributed by atoms with Crippen molar-refractivity contribution >= 4 is 45.1 Å². The van der Waals surface area contributed by atoms with E-state index in [1.54, 1.807) is 12.1 Å². The summed E-state index contributed by atoms with van der Waals surface area (Å²) in [7, 11) is -3.05. The van der Waals surface area contributed by atoms with Gasteiger partial charge in [-0.25, -0.2) is 8.42 Å². The van der Waals surface area contributed by atoms with Crippen LogP contribution in [0, 0.1) is 0 Å². The Morgan fingerprint density at radius 2 is 2.00 bits per heavy atom. The number of hydrogen-bond donors (Lipinski definition) is 1. The molecule has 1 saturated heterocycles. The predicted octanol–water partition coefficient (Wildman–Crippen LogP) is 1.67. The summed E-state index contributed by atoms with van der Waals surface area (Å²) < 4.78 is 27.5. The van der Waals surface area contributed by atoms with Crippen molar-refractivity contribution in [2.45, 2.75) is 23.8 Å². The highest BCUT2D eigenvalue weighted by molar-refractivity contribution is 7.99. The quantitative estimate of drug-likeness (QED) is 0.561. The molecular formula is C15H18ClNO5S2. The number of carbonyl (C=O) groups excluding carboxylic acids is 2. The first kappa shape index (κ1) is 19.1. The van der Waals surface area contributed by atoms with Gasteiger partial charge in [-0.15, -0.1) is 11.8 Å². The third-order valence-corrected chi connectivity index (χ3v) is 6.38. The van der Waals surface area contributed by atoms with Gasteiger partial charge in [0, 0.05) is 21.7 Å². The zero-order valence-electron chi connectivity index (χ0n) is 12.9. The number of halogens is 1. The number of ether oxygens (including phenoxy) is 1. The van der Waals surface area contributed by atoms with Crippen LogP contribution >= 0.6 is 23.4 Å². The van der Waals surface area contributed by atoms with Crippen molar-refractivity contribution in [1.82, 2.24) is 5.32 Å². The molecule has 2 rings (SSSR count). The summed E-state index contributed by atoms with van der Waals surface area (Å²) in [5.74, 6) is -0.381. The lowest BCUT2D eigenvalue weighted by Crippen LogP contribution is -2.38. The molecular weight excluding hydrogens is 374 g/mol. The molecule has 0 aliphatic carbocycles. The third-order valence-electron chi connectivity index (χ3n) is 3.35. The smallest absolute Gasteiger partial charge is 0.307 e. The molecule has 0 spiro atoms. The van der Waals surface area contributed by atoms with Gasteiger partial charge in [-0.05, 0) is 30.7 Å². The lowest BCUT2D eigenvalue weighted by Gasteiger charge is -2.11. The van der Waals surface area contributed by atoms with Gasteiger partial charge in [0.2, 0.25) is 0 Å². The van der Waals surface area contributed by atoms with Crippen molar-refractivity contribution < 1.29 is 22.7 Å². The number of nitrogens with one attached hydrogen (secondary N) is 1. The Morgan fingerprint density at radius 1 is 1.29 bits per heavy atom. The fraction of sp³-hybridized carbons (Fsp3) is 0.467. The Bertz CT molecular complexity index is 690. The fourth-order valence-corrected chi connectivity index (χ4v) is 4.81. The summed E-state index contributed by atoms with van der Waals surface area (Å²) in [5, 5.41) is 3.22. The van der Waals surface area contributed by atoms with Gasteiger partial charge in [0.1, 0.15) is 0 Å². The Balaban J connectivity index is 1.60. The van der Waals surface area contributed by atoms with Crippen molar-refractivity contribution in [2.75, 3.05) is 23.9 Å². The van der Waals surface area contributed by atoms with E-state index in [4.69, 9.17) is 16.3 Å². The number of benzene rings is 1. The Labute approximate surface area is 150 Å². The molecule has 1 heterocycles. The summed E-state index contributed by atoms with van der Waals surface area (Å²) in [6.45, 7) is -0.388. The van der Waals surface area contributed by atoms with Gasteiger partial charge < -0.3 is 10.1 Å². The zero-order valence-corrected chi connectivity index (χ0v) is 15.3. The molecule has 1 aromatic rings. The average Bonchev–Trinajstić information content (AvgIpc) is 2.86. The molecule has 1 aliphatic heterocycles. The number of thioether (sulfide) groups is 1. The average molecular weight is 392 g/mol. The second-order valence-corrected chi connectivity index (χ2v) is 9.21. The van der Waals surface area contributed by atoms with Crippen LogP contribution in [0.1, 0.15) is 12.8 Å². The molecule has 1 N–H and O–H groups in total. The summed E-state index contributed by atoms with van der Waals surface area (Å²) >= 11 is 7.28.